The fourth-order valence-corrected chi connectivity index (χ4v) is 3.08. The molecule has 1 unspecified atom stereocenters. The number of fused-ring (bicyclic) bond motifs is 1. The summed E-state index contributed by atoms with van der Waals surface area (Å²) < 4.78 is 5.28. The molecule has 4 heteroatoms. The Morgan fingerprint density at radius 3 is 2.61 bits per heavy atom. The van der Waals surface area contributed by atoms with Gasteiger partial charge in [-0.05, 0) is 55.5 Å². The smallest absolute Gasteiger partial charge is 0.340 e. The van der Waals surface area contributed by atoms with Crippen molar-refractivity contribution in [2.24, 2.45) is 0 Å². The number of benzene rings is 2. The van der Waals surface area contributed by atoms with Crippen molar-refractivity contribution in [3.8, 4) is 0 Å². The highest BCUT2D eigenvalue weighted by Crippen LogP contribution is 2.24. The van der Waals surface area contributed by atoms with Gasteiger partial charge in [0, 0.05) is 5.56 Å². The Morgan fingerprint density at radius 2 is 1.83 bits per heavy atom. The van der Waals surface area contributed by atoms with E-state index in [0.717, 1.165) is 19.3 Å². The summed E-state index contributed by atoms with van der Waals surface area (Å²) in [5.41, 5.74) is 3.38. The van der Waals surface area contributed by atoms with Gasteiger partial charge in [0.25, 0.3) is 0 Å². The lowest BCUT2D eigenvalue weighted by molar-refractivity contribution is 0.0319. The summed E-state index contributed by atoms with van der Waals surface area (Å²) >= 11 is 5.98. The van der Waals surface area contributed by atoms with Crippen LogP contribution in [0.5, 0.6) is 0 Å². The summed E-state index contributed by atoms with van der Waals surface area (Å²) in [4.78, 5) is 24.6. The van der Waals surface area contributed by atoms with E-state index >= 15 is 0 Å². The summed E-state index contributed by atoms with van der Waals surface area (Å²) in [6.45, 7) is 1.59. The zero-order valence-electron chi connectivity index (χ0n) is 12.8. The van der Waals surface area contributed by atoms with Crippen LogP contribution in [-0.2, 0) is 17.6 Å². The minimum atomic E-state index is -0.849. The third-order valence-corrected chi connectivity index (χ3v) is 4.46. The van der Waals surface area contributed by atoms with E-state index in [2.05, 4.69) is 0 Å². The lowest BCUT2D eigenvalue weighted by Crippen LogP contribution is -2.24. The Bertz CT molecular complexity index is 767. The number of hydrogen-bond donors (Lipinski definition) is 0. The molecular formula is C19H17ClO3. The van der Waals surface area contributed by atoms with Gasteiger partial charge in [-0.1, -0.05) is 35.9 Å². The number of aryl methyl sites for hydroxylation is 2. The number of ketones is 1. The third-order valence-electron chi connectivity index (χ3n) is 4.13. The minimum Gasteiger partial charge on any atom is -0.451 e. The minimum absolute atomic E-state index is 0.194. The Labute approximate surface area is 140 Å². The maximum Gasteiger partial charge on any atom is 0.340 e. The van der Waals surface area contributed by atoms with Crippen LogP contribution in [0.15, 0.2) is 42.5 Å². The van der Waals surface area contributed by atoms with Crippen LogP contribution in [0.1, 0.15) is 45.2 Å². The molecule has 0 aromatic heterocycles. The predicted molar refractivity (Wildman–Crippen MR) is 89.1 cm³/mol. The predicted octanol–water partition coefficient (Wildman–Crippen LogP) is 4.26. The molecule has 23 heavy (non-hydrogen) atoms. The Morgan fingerprint density at radius 1 is 1.09 bits per heavy atom. The zero-order chi connectivity index (χ0) is 16.4. The van der Waals surface area contributed by atoms with Crippen LogP contribution in [0.2, 0.25) is 5.02 Å². The van der Waals surface area contributed by atoms with Crippen molar-refractivity contribution in [2.75, 3.05) is 0 Å². The van der Waals surface area contributed by atoms with E-state index in [9.17, 15) is 9.59 Å². The highest BCUT2D eigenvalue weighted by atomic mass is 35.5. The fraction of sp³-hybridized carbons (Fsp3) is 0.263. The van der Waals surface area contributed by atoms with Gasteiger partial charge in [-0.25, -0.2) is 4.79 Å². The van der Waals surface area contributed by atoms with Crippen LogP contribution in [0.4, 0.5) is 0 Å². The molecule has 0 bridgehead atoms. The van der Waals surface area contributed by atoms with E-state index in [1.807, 2.05) is 18.2 Å². The van der Waals surface area contributed by atoms with Crippen molar-refractivity contribution >= 4 is 23.4 Å². The van der Waals surface area contributed by atoms with E-state index < -0.39 is 12.1 Å². The number of hydrogen-bond acceptors (Lipinski definition) is 3. The van der Waals surface area contributed by atoms with Crippen molar-refractivity contribution in [2.45, 2.75) is 32.3 Å². The summed E-state index contributed by atoms with van der Waals surface area (Å²) in [7, 11) is 0. The SMILES string of the molecule is CC(OC(=O)c1ccccc1Cl)C(=O)c1ccc2c(c1)CCC2. The maximum atomic E-state index is 12.5. The molecule has 0 saturated carbocycles. The number of halogens is 1. The molecule has 0 radical (unpaired) electrons. The van der Waals surface area contributed by atoms with Gasteiger partial charge in [0.15, 0.2) is 6.10 Å². The van der Waals surface area contributed by atoms with Gasteiger partial charge < -0.3 is 4.74 Å². The van der Waals surface area contributed by atoms with Gasteiger partial charge in [-0.15, -0.1) is 0 Å². The quantitative estimate of drug-likeness (QED) is 0.622. The fourth-order valence-electron chi connectivity index (χ4n) is 2.86. The van der Waals surface area contributed by atoms with E-state index in [0.29, 0.717) is 10.6 Å². The lowest BCUT2D eigenvalue weighted by Gasteiger charge is -2.13. The molecule has 0 spiro atoms. The average Bonchev–Trinajstić information content (AvgIpc) is 3.01. The molecule has 118 valence electrons. The van der Waals surface area contributed by atoms with E-state index in [4.69, 9.17) is 16.3 Å². The maximum absolute atomic E-state index is 12.5. The number of ether oxygens (including phenoxy) is 1. The Kier molecular flexibility index (Phi) is 4.49. The van der Waals surface area contributed by atoms with Gasteiger partial charge in [0.2, 0.25) is 5.78 Å². The highest BCUT2D eigenvalue weighted by molar-refractivity contribution is 6.33. The normalized spacial score (nSPS) is 14.2. The summed E-state index contributed by atoms with van der Waals surface area (Å²) in [6.07, 6.45) is 2.35. The topological polar surface area (TPSA) is 43.4 Å². The first-order valence-corrected chi connectivity index (χ1v) is 8.05. The van der Waals surface area contributed by atoms with Crippen molar-refractivity contribution in [3.05, 3.63) is 69.7 Å². The molecule has 1 aliphatic carbocycles. The molecule has 2 aromatic rings. The lowest BCUT2D eigenvalue weighted by atomic mass is 10.0. The van der Waals surface area contributed by atoms with Crippen molar-refractivity contribution in [1.29, 1.82) is 0 Å². The van der Waals surface area contributed by atoms with E-state index in [-0.39, 0.29) is 11.3 Å². The number of esters is 1. The molecule has 0 aliphatic heterocycles. The number of carbonyl (C=O) groups excluding carboxylic acids is 2. The highest BCUT2D eigenvalue weighted by Gasteiger charge is 2.23. The molecule has 3 nitrogen and oxygen atoms in total. The Balaban J connectivity index is 1.73. The number of Topliss-reactive ketones (excluding diaryl/α,β-unsaturated/α-hetero) is 1. The second kappa shape index (κ2) is 6.55. The van der Waals surface area contributed by atoms with Crippen LogP contribution < -0.4 is 0 Å². The number of rotatable bonds is 4. The standard InChI is InChI=1S/C19H17ClO3/c1-12(23-19(22)16-7-2-3-8-17(16)20)18(21)15-10-9-13-5-4-6-14(13)11-15/h2-3,7-12H,4-6H2,1H3. The molecule has 0 fully saturated rings. The summed E-state index contributed by atoms with van der Waals surface area (Å²) in [5.74, 6) is -0.780. The van der Waals surface area contributed by atoms with Crippen LogP contribution in [0.3, 0.4) is 0 Å². The third kappa shape index (κ3) is 3.30. The van der Waals surface area contributed by atoms with Crippen molar-refractivity contribution in [1.82, 2.24) is 0 Å². The molecule has 0 saturated heterocycles. The second-order valence-electron chi connectivity index (χ2n) is 5.73. The summed E-state index contributed by atoms with van der Waals surface area (Å²) in [6, 6.07) is 12.4. The molecule has 3 rings (SSSR count). The van der Waals surface area contributed by atoms with Crippen LogP contribution in [0.25, 0.3) is 0 Å². The van der Waals surface area contributed by atoms with Crippen LogP contribution in [0, 0.1) is 0 Å². The van der Waals surface area contributed by atoms with Crippen molar-refractivity contribution in [3.63, 3.8) is 0 Å². The average molecular weight is 329 g/mol. The van der Waals surface area contributed by atoms with Crippen LogP contribution in [-0.4, -0.2) is 17.9 Å². The van der Waals surface area contributed by atoms with Gasteiger partial charge in [0.05, 0.1) is 10.6 Å². The molecule has 0 amide bonds. The Hall–Kier alpha value is -2.13. The molecule has 1 atom stereocenters. The van der Waals surface area contributed by atoms with Gasteiger partial charge >= 0.3 is 5.97 Å². The zero-order valence-corrected chi connectivity index (χ0v) is 13.6. The van der Waals surface area contributed by atoms with E-state index in [1.165, 1.54) is 11.1 Å². The largest absolute Gasteiger partial charge is 0.451 e. The van der Waals surface area contributed by atoms with Gasteiger partial charge in [-0.2, -0.15) is 0 Å². The first-order chi connectivity index (χ1) is 11.1. The molecule has 2 aromatic carbocycles. The first-order valence-electron chi connectivity index (χ1n) is 7.68. The van der Waals surface area contributed by atoms with Gasteiger partial charge in [-0.3, -0.25) is 4.79 Å². The van der Waals surface area contributed by atoms with E-state index in [1.54, 1.807) is 31.2 Å². The van der Waals surface area contributed by atoms with Crippen molar-refractivity contribution < 1.29 is 14.3 Å². The number of carbonyl (C=O) groups is 2. The first kappa shape index (κ1) is 15.8. The monoisotopic (exact) mass is 328 g/mol. The van der Waals surface area contributed by atoms with Gasteiger partial charge in [0.1, 0.15) is 0 Å². The summed E-state index contributed by atoms with van der Waals surface area (Å²) in [5, 5.41) is 0.315. The molecule has 1 aliphatic rings. The molecule has 0 heterocycles. The second-order valence-corrected chi connectivity index (χ2v) is 6.14. The molecule has 0 N–H and O–H groups in total. The molecular weight excluding hydrogens is 312 g/mol. The van der Waals surface area contributed by atoms with Crippen LogP contribution >= 0.6 is 11.6 Å².